The molecule has 62 valence electrons. The molecule has 0 aliphatic carbocycles. The number of nitrogens with one attached hydrogen (secondary N) is 1. The van der Waals surface area contributed by atoms with Crippen molar-refractivity contribution in [3.05, 3.63) is 30.0 Å². The highest BCUT2D eigenvalue weighted by Gasteiger charge is 2.00. The Morgan fingerprint density at radius 1 is 1.33 bits per heavy atom. The molecule has 0 amide bonds. The summed E-state index contributed by atoms with van der Waals surface area (Å²) in [5.41, 5.74) is 2.48. The highest BCUT2D eigenvalue weighted by molar-refractivity contribution is 5.78. The molecule has 2 rings (SSSR count). The van der Waals surface area contributed by atoms with Crippen LogP contribution in [0.25, 0.3) is 10.9 Å². The van der Waals surface area contributed by atoms with Crippen LogP contribution in [0.1, 0.15) is 25.3 Å². The summed E-state index contributed by atoms with van der Waals surface area (Å²) in [4.78, 5) is 0. The SMILES string of the molecule is CC(C)c1ccc2[nH]ncc2c1. The molecule has 0 unspecified atom stereocenters. The predicted molar refractivity (Wildman–Crippen MR) is 50.2 cm³/mol. The Labute approximate surface area is 71.6 Å². The second kappa shape index (κ2) is 2.63. The molecule has 0 fully saturated rings. The zero-order valence-electron chi connectivity index (χ0n) is 7.33. The third kappa shape index (κ3) is 1.09. The van der Waals surface area contributed by atoms with Crippen LogP contribution in [0.3, 0.4) is 0 Å². The third-order valence-electron chi connectivity index (χ3n) is 2.13. The summed E-state index contributed by atoms with van der Waals surface area (Å²) in [5.74, 6) is 0.587. The molecule has 0 saturated heterocycles. The van der Waals surface area contributed by atoms with Crippen molar-refractivity contribution in [2.75, 3.05) is 0 Å². The second-order valence-electron chi connectivity index (χ2n) is 3.37. The van der Waals surface area contributed by atoms with Crippen LogP contribution in [0.15, 0.2) is 24.4 Å². The molecule has 0 saturated carbocycles. The van der Waals surface area contributed by atoms with E-state index in [1.807, 2.05) is 6.20 Å². The van der Waals surface area contributed by atoms with Crippen LogP contribution in [-0.2, 0) is 0 Å². The van der Waals surface area contributed by atoms with Crippen molar-refractivity contribution < 1.29 is 0 Å². The Kier molecular flexibility index (Phi) is 1.61. The molecule has 2 heteroatoms. The van der Waals surface area contributed by atoms with Gasteiger partial charge >= 0.3 is 0 Å². The van der Waals surface area contributed by atoms with E-state index in [4.69, 9.17) is 0 Å². The van der Waals surface area contributed by atoms with Crippen molar-refractivity contribution in [2.24, 2.45) is 0 Å². The van der Waals surface area contributed by atoms with Gasteiger partial charge in [0.05, 0.1) is 11.7 Å². The molecule has 2 nitrogen and oxygen atoms in total. The monoisotopic (exact) mass is 160 g/mol. The quantitative estimate of drug-likeness (QED) is 0.682. The fourth-order valence-corrected chi connectivity index (χ4v) is 1.32. The normalized spacial score (nSPS) is 11.2. The van der Waals surface area contributed by atoms with E-state index < -0.39 is 0 Å². The van der Waals surface area contributed by atoms with Crippen molar-refractivity contribution in [3.8, 4) is 0 Å². The van der Waals surface area contributed by atoms with E-state index in [0.29, 0.717) is 5.92 Å². The number of hydrogen-bond acceptors (Lipinski definition) is 1. The average molecular weight is 160 g/mol. The van der Waals surface area contributed by atoms with Crippen LogP contribution in [0, 0.1) is 0 Å². The molecular formula is C10H12N2. The summed E-state index contributed by atoms with van der Waals surface area (Å²) in [6, 6.07) is 6.41. The van der Waals surface area contributed by atoms with E-state index in [0.717, 1.165) is 5.52 Å². The van der Waals surface area contributed by atoms with Gasteiger partial charge in [-0.1, -0.05) is 19.9 Å². The molecule has 0 aliphatic heterocycles. The first-order valence-corrected chi connectivity index (χ1v) is 4.20. The summed E-state index contributed by atoms with van der Waals surface area (Å²) in [6.45, 7) is 4.39. The first-order chi connectivity index (χ1) is 5.77. The highest BCUT2D eigenvalue weighted by atomic mass is 15.1. The van der Waals surface area contributed by atoms with Gasteiger partial charge in [0.1, 0.15) is 0 Å². The standard InChI is InChI=1S/C10H12N2/c1-7(2)8-3-4-10-9(5-8)6-11-12-10/h3-7H,1-2H3,(H,11,12). The minimum atomic E-state index is 0.587. The van der Waals surface area contributed by atoms with Gasteiger partial charge in [-0.3, -0.25) is 5.10 Å². The van der Waals surface area contributed by atoms with Crippen LogP contribution < -0.4 is 0 Å². The summed E-state index contributed by atoms with van der Waals surface area (Å²) >= 11 is 0. The van der Waals surface area contributed by atoms with E-state index in [1.54, 1.807) is 0 Å². The van der Waals surface area contributed by atoms with Gasteiger partial charge < -0.3 is 0 Å². The number of hydrogen-bond donors (Lipinski definition) is 1. The smallest absolute Gasteiger partial charge is 0.0650 e. The summed E-state index contributed by atoms with van der Waals surface area (Å²) in [6.07, 6.45) is 1.86. The number of aromatic amines is 1. The summed E-state index contributed by atoms with van der Waals surface area (Å²) < 4.78 is 0. The van der Waals surface area contributed by atoms with E-state index in [1.165, 1.54) is 10.9 Å². The fraction of sp³-hybridized carbons (Fsp3) is 0.300. The lowest BCUT2D eigenvalue weighted by Crippen LogP contribution is -1.85. The molecule has 2 aromatic rings. The average Bonchev–Trinajstić information content (AvgIpc) is 2.49. The molecule has 1 heterocycles. The largest absolute Gasteiger partial charge is 0.278 e. The number of rotatable bonds is 1. The maximum absolute atomic E-state index is 3.98. The first kappa shape index (κ1) is 7.35. The van der Waals surface area contributed by atoms with E-state index >= 15 is 0 Å². The number of fused-ring (bicyclic) bond motifs is 1. The van der Waals surface area contributed by atoms with Crippen LogP contribution >= 0.6 is 0 Å². The second-order valence-corrected chi connectivity index (χ2v) is 3.37. The molecule has 1 N–H and O–H groups in total. The Morgan fingerprint density at radius 3 is 2.92 bits per heavy atom. The molecule has 0 aliphatic rings. The molecule has 1 aromatic carbocycles. The van der Waals surface area contributed by atoms with Crippen molar-refractivity contribution in [1.82, 2.24) is 10.2 Å². The van der Waals surface area contributed by atoms with Crippen LogP contribution in [-0.4, -0.2) is 10.2 Å². The third-order valence-corrected chi connectivity index (χ3v) is 2.13. The van der Waals surface area contributed by atoms with E-state index in [9.17, 15) is 0 Å². The topological polar surface area (TPSA) is 28.7 Å². The fourth-order valence-electron chi connectivity index (χ4n) is 1.32. The molecule has 1 aromatic heterocycles. The lowest BCUT2D eigenvalue weighted by Gasteiger charge is -2.03. The van der Waals surface area contributed by atoms with Crippen LogP contribution in [0.4, 0.5) is 0 Å². The van der Waals surface area contributed by atoms with Crippen molar-refractivity contribution in [2.45, 2.75) is 19.8 Å². The van der Waals surface area contributed by atoms with Crippen molar-refractivity contribution >= 4 is 10.9 Å². The molecule has 0 spiro atoms. The number of H-pyrrole nitrogens is 1. The highest BCUT2D eigenvalue weighted by Crippen LogP contribution is 2.19. The van der Waals surface area contributed by atoms with Gasteiger partial charge in [0.25, 0.3) is 0 Å². The first-order valence-electron chi connectivity index (χ1n) is 4.20. The van der Waals surface area contributed by atoms with Gasteiger partial charge in [0, 0.05) is 5.39 Å². The summed E-state index contributed by atoms with van der Waals surface area (Å²) in [7, 11) is 0. The Morgan fingerprint density at radius 2 is 2.17 bits per heavy atom. The van der Waals surface area contributed by atoms with Gasteiger partial charge in [-0.15, -0.1) is 0 Å². The molecule has 0 bridgehead atoms. The maximum Gasteiger partial charge on any atom is 0.0650 e. The van der Waals surface area contributed by atoms with Gasteiger partial charge in [-0.05, 0) is 23.6 Å². The molecular weight excluding hydrogens is 148 g/mol. The molecule has 0 radical (unpaired) electrons. The number of aromatic nitrogens is 2. The minimum absolute atomic E-state index is 0.587. The molecule has 12 heavy (non-hydrogen) atoms. The summed E-state index contributed by atoms with van der Waals surface area (Å²) in [5, 5.41) is 8.11. The zero-order chi connectivity index (χ0) is 8.55. The lowest BCUT2D eigenvalue weighted by molar-refractivity contribution is 0.869. The van der Waals surface area contributed by atoms with Gasteiger partial charge in [0.2, 0.25) is 0 Å². The van der Waals surface area contributed by atoms with Crippen molar-refractivity contribution in [3.63, 3.8) is 0 Å². The van der Waals surface area contributed by atoms with Crippen molar-refractivity contribution in [1.29, 1.82) is 0 Å². The van der Waals surface area contributed by atoms with E-state index in [2.05, 4.69) is 42.2 Å². The van der Waals surface area contributed by atoms with Crippen LogP contribution in [0.2, 0.25) is 0 Å². The Bertz CT molecular complexity index is 387. The van der Waals surface area contributed by atoms with E-state index in [-0.39, 0.29) is 0 Å². The van der Waals surface area contributed by atoms with Gasteiger partial charge in [-0.2, -0.15) is 5.10 Å². The van der Waals surface area contributed by atoms with Gasteiger partial charge in [0.15, 0.2) is 0 Å². The van der Waals surface area contributed by atoms with Gasteiger partial charge in [-0.25, -0.2) is 0 Å². The molecule has 0 atom stereocenters. The predicted octanol–water partition coefficient (Wildman–Crippen LogP) is 2.69. The Balaban J connectivity index is 2.60. The Hall–Kier alpha value is -1.31. The lowest BCUT2D eigenvalue weighted by atomic mass is 10.0. The zero-order valence-corrected chi connectivity index (χ0v) is 7.33. The number of benzene rings is 1. The maximum atomic E-state index is 3.98. The van der Waals surface area contributed by atoms with Crippen LogP contribution in [0.5, 0.6) is 0 Å². The minimum Gasteiger partial charge on any atom is -0.278 e. The number of nitrogens with zero attached hydrogens (tertiary/aromatic N) is 1.